The Balaban J connectivity index is 1.32. The lowest BCUT2D eigenvalue weighted by molar-refractivity contribution is -0.116. The summed E-state index contributed by atoms with van der Waals surface area (Å²) in [4.78, 5) is 40.5. The van der Waals surface area contributed by atoms with Crippen LogP contribution in [0.2, 0.25) is 0 Å². The van der Waals surface area contributed by atoms with Crippen LogP contribution in [0.4, 0.5) is 10.8 Å². The Morgan fingerprint density at radius 1 is 1.10 bits per heavy atom. The zero-order valence-electron chi connectivity index (χ0n) is 16.3. The van der Waals surface area contributed by atoms with Crippen LogP contribution >= 0.6 is 11.3 Å². The van der Waals surface area contributed by atoms with Crippen LogP contribution in [-0.2, 0) is 22.4 Å². The molecule has 154 valence electrons. The van der Waals surface area contributed by atoms with E-state index in [2.05, 4.69) is 25.8 Å². The van der Waals surface area contributed by atoms with Crippen LogP contribution in [0, 0.1) is 0 Å². The second kappa shape index (κ2) is 7.77. The lowest BCUT2D eigenvalue weighted by Gasteiger charge is -2.17. The predicted octanol–water partition coefficient (Wildman–Crippen LogP) is 3.11. The molecule has 2 amide bonds. The number of rotatable bonds is 4. The Hall–Kier alpha value is -3.85. The summed E-state index contributed by atoms with van der Waals surface area (Å²) in [5, 5.41) is 15.7. The SMILES string of the molecule is O=C(Cc1n[nH]c(=O)c2ccccc12)Nc1nc(-c2ccc3c(c2)CCC(=O)N3)cs1. The molecule has 0 aliphatic carbocycles. The first-order valence-corrected chi connectivity index (χ1v) is 10.6. The van der Waals surface area contributed by atoms with Crippen LogP contribution in [-0.4, -0.2) is 27.0 Å². The number of carbonyl (C=O) groups is 2. The smallest absolute Gasteiger partial charge is 0.272 e. The van der Waals surface area contributed by atoms with Gasteiger partial charge in [0.15, 0.2) is 5.13 Å². The number of thiazole rings is 1. The van der Waals surface area contributed by atoms with Gasteiger partial charge in [-0.2, -0.15) is 5.10 Å². The van der Waals surface area contributed by atoms with Crippen molar-refractivity contribution in [2.24, 2.45) is 0 Å². The van der Waals surface area contributed by atoms with Gasteiger partial charge in [-0.25, -0.2) is 10.1 Å². The Bertz CT molecular complexity index is 1390. The summed E-state index contributed by atoms with van der Waals surface area (Å²) in [5.41, 5.74) is 3.82. The number of nitrogens with zero attached hydrogens (tertiary/aromatic N) is 2. The van der Waals surface area contributed by atoms with Gasteiger partial charge in [-0.15, -0.1) is 11.3 Å². The molecular formula is C22H17N5O3S. The number of fused-ring (bicyclic) bond motifs is 2. The molecule has 1 aliphatic heterocycles. The first-order chi connectivity index (χ1) is 15.1. The van der Waals surface area contributed by atoms with E-state index in [1.54, 1.807) is 18.2 Å². The molecule has 1 aliphatic rings. The van der Waals surface area contributed by atoms with Crippen molar-refractivity contribution in [1.29, 1.82) is 0 Å². The van der Waals surface area contributed by atoms with Crippen LogP contribution < -0.4 is 16.2 Å². The minimum Gasteiger partial charge on any atom is -0.326 e. The van der Waals surface area contributed by atoms with Gasteiger partial charge < -0.3 is 10.6 Å². The van der Waals surface area contributed by atoms with E-state index in [1.165, 1.54) is 11.3 Å². The second-order valence-electron chi connectivity index (χ2n) is 7.23. The molecule has 0 saturated heterocycles. The van der Waals surface area contributed by atoms with E-state index in [4.69, 9.17) is 0 Å². The Labute approximate surface area is 180 Å². The number of amides is 2. The van der Waals surface area contributed by atoms with Crippen LogP contribution in [0.5, 0.6) is 0 Å². The molecule has 9 heteroatoms. The lowest BCUT2D eigenvalue weighted by Crippen LogP contribution is -2.18. The molecule has 5 rings (SSSR count). The molecule has 2 aromatic carbocycles. The molecule has 0 unspecified atom stereocenters. The molecule has 3 heterocycles. The monoisotopic (exact) mass is 431 g/mol. The topological polar surface area (TPSA) is 117 Å². The number of nitrogens with one attached hydrogen (secondary N) is 3. The van der Waals surface area contributed by atoms with Crippen molar-refractivity contribution in [3.63, 3.8) is 0 Å². The van der Waals surface area contributed by atoms with Crippen LogP contribution in [0.25, 0.3) is 22.0 Å². The normalized spacial score (nSPS) is 13.0. The number of aryl methyl sites for hydroxylation is 1. The van der Waals surface area contributed by atoms with Gasteiger partial charge in [-0.3, -0.25) is 14.4 Å². The molecule has 0 bridgehead atoms. The van der Waals surface area contributed by atoms with Gasteiger partial charge in [0.2, 0.25) is 11.8 Å². The number of aromatic amines is 1. The number of aromatic nitrogens is 3. The lowest BCUT2D eigenvalue weighted by atomic mass is 9.99. The molecule has 4 aromatic rings. The van der Waals surface area contributed by atoms with Crippen LogP contribution in [0.3, 0.4) is 0 Å². The molecule has 8 nitrogen and oxygen atoms in total. The van der Waals surface area contributed by atoms with Gasteiger partial charge in [0.05, 0.1) is 23.2 Å². The van der Waals surface area contributed by atoms with Crippen LogP contribution in [0.15, 0.2) is 52.6 Å². The van der Waals surface area contributed by atoms with E-state index in [1.807, 2.05) is 29.6 Å². The maximum absolute atomic E-state index is 12.6. The van der Waals surface area contributed by atoms with Gasteiger partial charge in [-0.05, 0) is 30.2 Å². The third-order valence-electron chi connectivity index (χ3n) is 5.15. The van der Waals surface area contributed by atoms with Crippen molar-refractivity contribution in [2.45, 2.75) is 19.3 Å². The molecule has 0 spiro atoms. The minimum atomic E-state index is -0.283. The van der Waals surface area contributed by atoms with Crippen molar-refractivity contribution in [2.75, 3.05) is 10.6 Å². The fourth-order valence-corrected chi connectivity index (χ4v) is 4.36. The van der Waals surface area contributed by atoms with Crippen LogP contribution in [0.1, 0.15) is 17.7 Å². The highest BCUT2D eigenvalue weighted by molar-refractivity contribution is 7.14. The zero-order valence-corrected chi connectivity index (χ0v) is 17.1. The summed E-state index contributed by atoms with van der Waals surface area (Å²) in [6.07, 6.45) is 1.19. The Kier molecular flexibility index (Phi) is 4.79. The Morgan fingerprint density at radius 3 is 2.81 bits per heavy atom. The molecule has 2 aromatic heterocycles. The fourth-order valence-electron chi connectivity index (χ4n) is 3.63. The van der Waals surface area contributed by atoms with Crippen molar-refractivity contribution >= 4 is 44.7 Å². The highest BCUT2D eigenvalue weighted by Gasteiger charge is 2.17. The summed E-state index contributed by atoms with van der Waals surface area (Å²) < 4.78 is 0. The first-order valence-electron chi connectivity index (χ1n) is 9.71. The van der Waals surface area contributed by atoms with E-state index in [0.717, 1.165) is 22.5 Å². The molecule has 0 atom stereocenters. The van der Waals surface area contributed by atoms with Gasteiger partial charge in [0.1, 0.15) is 0 Å². The molecule has 31 heavy (non-hydrogen) atoms. The highest BCUT2D eigenvalue weighted by Crippen LogP contribution is 2.30. The summed E-state index contributed by atoms with van der Waals surface area (Å²) in [7, 11) is 0. The first kappa shape index (κ1) is 19.1. The van der Waals surface area contributed by atoms with Crippen molar-refractivity contribution in [3.8, 4) is 11.3 Å². The number of carbonyl (C=O) groups excluding carboxylic acids is 2. The standard InChI is InChI=1S/C22H17N5O3S/c28-19-8-6-12-9-13(5-7-16(12)23-19)18-11-31-22(24-18)25-20(29)10-17-14-3-1-2-4-15(14)21(30)27-26-17/h1-5,7,9,11H,6,8,10H2,(H,23,28)(H,27,30)(H,24,25,29). The van der Waals surface area contributed by atoms with Gasteiger partial charge >= 0.3 is 0 Å². The minimum absolute atomic E-state index is 0.0186. The predicted molar refractivity (Wildman–Crippen MR) is 119 cm³/mol. The van der Waals surface area contributed by atoms with Gasteiger partial charge in [-0.1, -0.05) is 24.3 Å². The largest absolute Gasteiger partial charge is 0.326 e. The third kappa shape index (κ3) is 3.82. The van der Waals surface area contributed by atoms with E-state index in [-0.39, 0.29) is 23.8 Å². The van der Waals surface area contributed by atoms with Gasteiger partial charge in [0.25, 0.3) is 5.56 Å². The summed E-state index contributed by atoms with van der Waals surface area (Å²) in [6.45, 7) is 0. The average Bonchev–Trinajstić information content (AvgIpc) is 3.24. The molecule has 0 saturated carbocycles. The average molecular weight is 431 g/mol. The van der Waals surface area contributed by atoms with Crippen molar-refractivity contribution < 1.29 is 9.59 Å². The summed E-state index contributed by atoms with van der Waals surface area (Å²) in [6, 6.07) is 12.9. The third-order valence-corrected chi connectivity index (χ3v) is 5.91. The molecule has 0 radical (unpaired) electrons. The fraction of sp³-hybridized carbons (Fsp3) is 0.136. The van der Waals surface area contributed by atoms with Crippen molar-refractivity contribution in [3.05, 3.63) is 69.5 Å². The number of hydrogen-bond acceptors (Lipinski definition) is 6. The van der Waals surface area contributed by atoms with E-state index >= 15 is 0 Å². The number of H-pyrrole nitrogens is 1. The number of anilines is 2. The summed E-state index contributed by atoms with van der Waals surface area (Å²) >= 11 is 1.34. The second-order valence-corrected chi connectivity index (χ2v) is 8.09. The molecule has 0 fully saturated rings. The maximum Gasteiger partial charge on any atom is 0.272 e. The van der Waals surface area contributed by atoms with E-state index in [0.29, 0.717) is 34.4 Å². The van der Waals surface area contributed by atoms with E-state index < -0.39 is 0 Å². The van der Waals surface area contributed by atoms with Gasteiger partial charge in [0, 0.05) is 28.4 Å². The molecule has 3 N–H and O–H groups in total. The number of hydrogen-bond donors (Lipinski definition) is 3. The quantitative estimate of drug-likeness (QED) is 0.459. The molecular weight excluding hydrogens is 414 g/mol. The highest BCUT2D eigenvalue weighted by atomic mass is 32.1. The van der Waals surface area contributed by atoms with E-state index in [9.17, 15) is 14.4 Å². The zero-order chi connectivity index (χ0) is 21.4. The Morgan fingerprint density at radius 2 is 1.94 bits per heavy atom. The maximum atomic E-state index is 12.6. The number of benzene rings is 2. The van der Waals surface area contributed by atoms with Crippen molar-refractivity contribution in [1.82, 2.24) is 15.2 Å². The summed E-state index contributed by atoms with van der Waals surface area (Å²) in [5.74, 6) is -0.234.